The lowest BCUT2D eigenvalue weighted by molar-refractivity contribution is 0.0747. The van der Waals surface area contributed by atoms with Gasteiger partial charge in [-0.15, -0.1) is 0 Å². The molecule has 0 amide bonds. The fraction of sp³-hybridized carbons (Fsp3) is 1.00. The van der Waals surface area contributed by atoms with Crippen molar-refractivity contribution in [1.29, 1.82) is 0 Å². The third-order valence-electron chi connectivity index (χ3n) is 3.26. The van der Waals surface area contributed by atoms with Crippen molar-refractivity contribution in [1.82, 2.24) is 10.2 Å². The van der Waals surface area contributed by atoms with Gasteiger partial charge in [0.1, 0.15) is 0 Å². The third kappa shape index (κ3) is 2.42. The van der Waals surface area contributed by atoms with E-state index in [0.29, 0.717) is 6.04 Å². The monoisotopic (exact) mass is 184 g/mol. The van der Waals surface area contributed by atoms with Crippen molar-refractivity contribution in [3.8, 4) is 0 Å². The van der Waals surface area contributed by atoms with Crippen LogP contribution in [0.5, 0.6) is 0 Å². The minimum atomic E-state index is -0.310. The zero-order valence-corrected chi connectivity index (χ0v) is 8.42. The summed E-state index contributed by atoms with van der Waals surface area (Å²) in [5.41, 5.74) is -0.310. The van der Waals surface area contributed by atoms with Gasteiger partial charge in [0.05, 0.1) is 5.60 Å². The van der Waals surface area contributed by atoms with Gasteiger partial charge < -0.3 is 10.4 Å². The Labute approximate surface area is 80.1 Å². The Kier molecular flexibility index (Phi) is 2.58. The average Bonchev–Trinajstić information content (AvgIpc) is 2.84. The number of nitrogens with zero attached hydrogens (tertiary/aromatic N) is 1. The van der Waals surface area contributed by atoms with Gasteiger partial charge >= 0.3 is 0 Å². The van der Waals surface area contributed by atoms with E-state index in [-0.39, 0.29) is 5.60 Å². The quantitative estimate of drug-likeness (QED) is 0.657. The highest BCUT2D eigenvalue weighted by atomic mass is 16.3. The van der Waals surface area contributed by atoms with E-state index in [0.717, 1.165) is 25.9 Å². The maximum absolute atomic E-state index is 9.78. The standard InChI is InChI=1S/C10H20N2O/c1-11-9-3-2-6-12(7-9)8-10(13)4-5-10/h9,11,13H,2-8H2,1H3. The van der Waals surface area contributed by atoms with Gasteiger partial charge in [-0.05, 0) is 39.3 Å². The fourth-order valence-electron chi connectivity index (χ4n) is 2.15. The van der Waals surface area contributed by atoms with Crippen LogP contribution in [0, 0.1) is 0 Å². The lowest BCUT2D eigenvalue weighted by atomic mass is 10.1. The topological polar surface area (TPSA) is 35.5 Å². The lowest BCUT2D eigenvalue weighted by Gasteiger charge is -2.33. The molecule has 13 heavy (non-hydrogen) atoms. The Balaban J connectivity index is 1.78. The number of aliphatic hydroxyl groups is 1. The van der Waals surface area contributed by atoms with Crippen LogP contribution in [0.1, 0.15) is 25.7 Å². The van der Waals surface area contributed by atoms with Gasteiger partial charge in [-0.3, -0.25) is 4.90 Å². The Hall–Kier alpha value is -0.120. The zero-order chi connectivity index (χ0) is 9.31. The van der Waals surface area contributed by atoms with Gasteiger partial charge in [0.2, 0.25) is 0 Å². The van der Waals surface area contributed by atoms with Crippen LogP contribution in [0.2, 0.25) is 0 Å². The second-order valence-corrected chi connectivity index (χ2v) is 4.59. The molecule has 0 aromatic heterocycles. The van der Waals surface area contributed by atoms with E-state index >= 15 is 0 Å². The van der Waals surface area contributed by atoms with Crippen molar-refractivity contribution in [2.75, 3.05) is 26.7 Å². The van der Waals surface area contributed by atoms with E-state index in [2.05, 4.69) is 10.2 Å². The van der Waals surface area contributed by atoms with Crippen molar-refractivity contribution in [2.45, 2.75) is 37.3 Å². The first-order valence-electron chi connectivity index (χ1n) is 5.34. The molecule has 1 saturated carbocycles. The molecule has 3 heteroatoms. The molecule has 0 bridgehead atoms. The predicted molar refractivity (Wildman–Crippen MR) is 52.7 cm³/mol. The SMILES string of the molecule is CNC1CCCN(CC2(O)CC2)C1. The summed E-state index contributed by atoms with van der Waals surface area (Å²) in [5.74, 6) is 0. The van der Waals surface area contributed by atoms with Crippen LogP contribution in [0.25, 0.3) is 0 Å². The number of likely N-dealkylation sites (N-methyl/N-ethyl adjacent to an activating group) is 1. The van der Waals surface area contributed by atoms with Gasteiger partial charge in [0.25, 0.3) is 0 Å². The smallest absolute Gasteiger partial charge is 0.0776 e. The summed E-state index contributed by atoms with van der Waals surface area (Å²) in [6, 6.07) is 0.635. The van der Waals surface area contributed by atoms with Crippen molar-refractivity contribution >= 4 is 0 Å². The second kappa shape index (κ2) is 3.56. The van der Waals surface area contributed by atoms with Crippen molar-refractivity contribution in [3.05, 3.63) is 0 Å². The Bertz CT molecular complexity index is 180. The molecular weight excluding hydrogens is 164 g/mol. The van der Waals surface area contributed by atoms with Crippen LogP contribution in [-0.4, -0.2) is 48.3 Å². The number of hydrogen-bond donors (Lipinski definition) is 2. The van der Waals surface area contributed by atoms with Gasteiger partial charge in [-0.1, -0.05) is 0 Å². The molecule has 3 nitrogen and oxygen atoms in total. The Morgan fingerprint density at radius 3 is 2.92 bits per heavy atom. The second-order valence-electron chi connectivity index (χ2n) is 4.59. The molecule has 1 unspecified atom stereocenters. The molecule has 0 aromatic rings. The summed E-state index contributed by atoms with van der Waals surface area (Å²) in [5, 5.41) is 13.1. The number of hydrogen-bond acceptors (Lipinski definition) is 3. The molecule has 1 atom stereocenters. The van der Waals surface area contributed by atoms with E-state index in [1.807, 2.05) is 7.05 Å². The number of likely N-dealkylation sites (tertiary alicyclic amines) is 1. The van der Waals surface area contributed by atoms with Gasteiger partial charge in [0.15, 0.2) is 0 Å². The molecule has 76 valence electrons. The van der Waals surface area contributed by atoms with Crippen molar-refractivity contribution in [3.63, 3.8) is 0 Å². The van der Waals surface area contributed by atoms with E-state index in [1.165, 1.54) is 19.4 Å². The predicted octanol–water partition coefficient (Wildman–Crippen LogP) is 0.195. The maximum atomic E-state index is 9.78. The van der Waals surface area contributed by atoms with Crippen molar-refractivity contribution in [2.24, 2.45) is 0 Å². The summed E-state index contributed by atoms with van der Waals surface area (Å²) in [7, 11) is 2.03. The molecule has 1 heterocycles. The highest BCUT2D eigenvalue weighted by molar-refractivity contribution is 4.97. The molecule has 2 rings (SSSR count). The molecule has 0 radical (unpaired) electrons. The fourth-order valence-corrected chi connectivity index (χ4v) is 2.15. The largest absolute Gasteiger partial charge is 0.389 e. The molecule has 0 spiro atoms. The average molecular weight is 184 g/mol. The summed E-state index contributed by atoms with van der Waals surface area (Å²) in [4.78, 5) is 2.40. The first kappa shape index (κ1) is 9.44. The minimum absolute atomic E-state index is 0.310. The highest BCUT2D eigenvalue weighted by Gasteiger charge is 2.42. The molecule has 0 aromatic carbocycles. The minimum Gasteiger partial charge on any atom is -0.389 e. The van der Waals surface area contributed by atoms with Gasteiger partial charge in [-0.25, -0.2) is 0 Å². The van der Waals surface area contributed by atoms with Gasteiger partial charge in [-0.2, -0.15) is 0 Å². The zero-order valence-electron chi connectivity index (χ0n) is 8.42. The van der Waals surface area contributed by atoms with Gasteiger partial charge in [0, 0.05) is 19.1 Å². The maximum Gasteiger partial charge on any atom is 0.0776 e. The molecule has 1 aliphatic heterocycles. The highest BCUT2D eigenvalue weighted by Crippen LogP contribution is 2.36. The lowest BCUT2D eigenvalue weighted by Crippen LogP contribution is -2.47. The first-order valence-corrected chi connectivity index (χ1v) is 5.34. The molecule has 1 aliphatic carbocycles. The van der Waals surface area contributed by atoms with Crippen LogP contribution >= 0.6 is 0 Å². The molecule has 1 saturated heterocycles. The first-order chi connectivity index (χ1) is 6.22. The van der Waals surface area contributed by atoms with E-state index in [9.17, 15) is 5.11 Å². The van der Waals surface area contributed by atoms with Crippen LogP contribution < -0.4 is 5.32 Å². The molecular formula is C10H20N2O. The van der Waals surface area contributed by atoms with Crippen LogP contribution in [0.4, 0.5) is 0 Å². The van der Waals surface area contributed by atoms with E-state index in [4.69, 9.17) is 0 Å². The van der Waals surface area contributed by atoms with Crippen molar-refractivity contribution < 1.29 is 5.11 Å². The van der Waals surface area contributed by atoms with Crippen LogP contribution in [0.3, 0.4) is 0 Å². The Morgan fingerprint density at radius 1 is 1.54 bits per heavy atom. The normalized spacial score (nSPS) is 33.2. The summed E-state index contributed by atoms with van der Waals surface area (Å²) in [6.45, 7) is 3.17. The number of piperidine rings is 1. The number of nitrogens with one attached hydrogen (secondary N) is 1. The summed E-state index contributed by atoms with van der Waals surface area (Å²) < 4.78 is 0. The molecule has 2 fully saturated rings. The Morgan fingerprint density at radius 2 is 2.31 bits per heavy atom. The van der Waals surface area contributed by atoms with E-state index in [1.54, 1.807) is 0 Å². The van der Waals surface area contributed by atoms with Crippen LogP contribution in [-0.2, 0) is 0 Å². The number of rotatable bonds is 3. The molecule has 2 N–H and O–H groups in total. The molecule has 2 aliphatic rings. The third-order valence-corrected chi connectivity index (χ3v) is 3.26. The number of β-amino-alcohol motifs (C(OH)–C–C–N with tert-alkyl or cyclic N) is 1. The van der Waals surface area contributed by atoms with E-state index < -0.39 is 0 Å². The van der Waals surface area contributed by atoms with Crippen LogP contribution in [0.15, 0.2) is 0 Å². The summed E-state index contributed by atoms with van der Waals surface area (Å²) >= 11 is 0. The summed E-state index contributed by atoms with van der Waals surface area (Å²) in [6.07, 6.45) is 4.56.